The Kier molecular flexibility index (Phi) is 6.23. The summed E-state index contributed by atoms with van der Waals surface area (Å²) in [7, 11) is 0. The van der Waals surface area contributed by atoms with E-state index in [1.54, 1.807) is 31.2 Å². The molecule has 0 aliphatic carbocycles. The molecule has 28 heavy (non-hydrogen) atoms. The molecule has 1 atom stereocenters. The Labute approximate surface area is 166 Å². The highest BCUT2D eigenvalue weighted by molar-refractivity contribution is 6.30. The summed E-state index contributed by atoms with van der Waals surface area (Å²) in [4.78, 5) is 24.4. The zero-order valence-corrected chi connectivity index (χ0v) is 15.8. The summed E-state index contributed by atoms with van der Waals surface area (Å²) in [6.45, 7) is 1.41. The van der Waals surface area contributed by atoms with Crippen molar-refractivity contribution in [2.45, 2.75) is 19.6 Å². The van der Waals surface area contributed by atoms with Gasteiger partial charge in [0.1, 0.15) is 5.75 Å². The Morgan fingerprint density at radius 1 is 1.14 bits per heavy atom. The number of ether oxygens (including phenoxy) is 2. The number of nitrogens with two attached hydrogens (primary N) is 1. The highest BCUT2D eigenvalue weighted by Gasteiger charge is 2.17. The van der Waals surface area contributed by atoms with Gasteiger partial charge in [0.15, 0.2) is 18.5 Å². The zero-order chi connectivity index (χ0) is 19.9. The number of benzene rings is 2. The number of carbonyl (C=O) groups is 1. The third kappa shape index (κ3) is 5.55. The summed E-state index contributed by atoms with van der Waals surface area (Å²) < 4.78 is 10.7. The first-order valence-corrected chi connectivity index (χ1v) is 8.79. The second-order valence-corrected chi connectivity index (χ2v) is 6.19. The monoisotopic (exact) mass is 399 g/mol. The molecule has 3 aromatic rings. The Hall–Kier alpha value is -3.39. The van der Waals surface area contributed by atoms with Gasteiger partial charge in [-0.15, -0.1) is 0 Å². The van der Waals surface area contributed by atoms with Crippen LogP contribution in [0.3, 0.4) is 0 Å². The van der Waals surface area contributed by atoms with Crippen molar-refractivity contribution < 1.29 is 14.3 Å². The molecule has 2 aromatic carbocycles. The largest absolute Gasteiger partial charge is 0.479 e. The number of hydrogen-bond acceptors (Lipinski definition) is 8. The minimum Gasteiger partial charge on any atom is -0.479 e. The molecule has 0 saturated heterocycles. The molecule has 0 saturated carbocycles. The molecule has 0 unspecified atom stereocenters. The highest BCUT2D eigenvalue weighted by atomic mass is 35.5. The van der Waals surface area contributed by atoms with Crippen LogP contribution in [0.2, 0.25) is 5.02 Å². The summed E-state index contributed by atoms with van der Waals surface area (Å²) in [5, 5.41) is 3.52. The number of aromatic nitrogens is 3. The van der Waals surface area contributed by atoms with Gasteiger partial charge in [0, 0.05) is 10.7 Å². The molecule has 0 bridgehead atoms. The van der Waals surface area contributed by atoms with Crippen LogP contribution in [0.25, 0.3) is 0 Å². The molecule has 0 aliphatic rings. The van der Waals surface area contributed by atoms with Gasteiger partial charge in [0.25, 0.3) is 0 Å². The second-order valence-electron chi connectivity index (χ2n) is 5.75. The predicted molar refractivity (Wildman–Crippen MR) is 105 cm³/mol. The maximum absolute atomic E-state index is 12.2. The van der Waals surface area contributed by atoms with Crippen LogP contribution in [0.5, 0.6) is 5.75 Å². The van der Waals surface area contributed by atoms with Crippen molar-refractivity contribution in [3.05, 3.63) is 65.4 Å². The molecule has 9 heteroatoms. The van der Waals surface area contributed by atoms with Crippen LogP contribution in [0.1, 0.15) is 12.7 Å². The first-order chi connectivity index (χ1) is 13.5. The van der Waals surface area contributed by atoms with Crippen molar-refractivity contribution in [2.75, 3.05) is 11.1 Å². The molecule has 8 nitrogen and oxygen atoms in total. The van der Waals surface area contributed by atoms with Crippen molar-refractivity contribution in [2.24, 2.45) is 0 Å². The van der Waals surface area contributed by atoms with Gasteiger partial charge in [-0.1, -0.05) is 35.9 Å². The number of rotatable bonds is 7. The Morgan fingerprint density at radius 2 is 1.93 bits per heavy atom. The summed E-state index contributed by atoms with van der Waals surface area (Å²) in [5.74, 6) is 0.386. The van der Waals surface area contributed by atoms with E-state index in [1.807, 2.05) is 30.3 Å². The van der Waals surface area contributed by atoms with Gasteiger partial charge in [0.2, 0.25) is 11.9 Å². The molecule has 0 spiro atoms. The molecule has 3 rings (SSSR count). The predicted octanol–water partition coefficient (Wildman–Crippen LogP) is 3.36. The van der Waals surface area contributed by atoms with E-state index in [0.717, 1.165) is 5.69 Å². The average Bonchev–Trinajstić information content (AvgIpc) is 2.66. The second kappa shape index (κ2) is 9.01. The standard InChI is InChI=1S/C19H18ClN5O3/c1-12(28-15-9-5-6-13(20)10-15)17(26)27-11-16-23-18(21)25-19(24-16)22-14-7-3-2-4-8-14/h2-10,12H,11H2,1H3,(H3,21,22,23,24,25)/t12-/m1/s1. The van der Waals surface area contributed by atoms with Crippen molar-refractivity contribution >= 4 is 35.2 Å². The fourth-order valence-corrected chi connectivity index (χ4v) is 2.43. The third-order valence-electron chi connectivity index (χ3n) is 3.51. The van der Waals surface area contributed by atoms with Crippen molar-refractivity contribution in [1.82, 2.24) is 15.0 Å². The third-order valence-corrected chi connectivity index (χ3v) is 3.75. The summed E-state index contributed by atoms with van der Waals surface area (Å²) in [6, 6.07) is 16.1. The average molecular weight is 400 g/mol. The number of hydrogen-bond donors (Lipinski definition) is 2. The lowest BCUT2D eigenvalue weighted by Gasteiger charge is -2.14. The lowest BCUT2D eigenvalue weighted by Crippen LogP contribution is -2.26. The molecule has 0 radical (unpaired) electrons. The fraction of sp³-hybridized carbons (Fsp3) is 0.158. The van der Waals surface area contributed by atoms with E-state index >= 15 is 0 Å². The zero-order valence-electron chi connectivity index (χ0n) is 15.0. The van der Waals surface area contributed by atoms with Gasteiger partial charge in [0.05, 0.1) is 0 Å². The minimum atomic E-state index is -0.834. The SMILES string of the molecule is C[C@@H](Oc1cccc(Cl)c1)C(=O)OCc1nc(N)nc(Nc2ccccc2)n1. The Bertz CT molecular complexity index is 955. The molecule has 1 aromatic heterocycles. The van der Waals surface area contributed by atoms with Gasteiger partial charge in [-0.2, -0.15) is 15.0 Å². The number of esters is 1. The lowest BCUT2D eigenvalue weighted by molar-refractivity contribution is -0.152. The number of nitrogens with zero attached hydrogens (tertiary/aromatic N) is 3. The van der Waals surface area contributed by atoms with Crippen LogP contribution >= 0.6 is 11.6 Å². The summed E-state index contributed by atoms with van der Waals surface area (Å²) in [6.07, 6.45) is -0.834. The number of halogens is 1. The van der Waals surface area contributed by atoms with Gasteiger partial charge in [-0.05, 0) is 37.3 Å². The first kappa shape index (κ1) is 19.4. The van der Waals surface area contributed by atoms with Crippen LogP contribution in [-0.4, -0.2) is 27.0 Å². The molecule has 0 amide bonds. The maximum atomic E-state index is 12.2. The van der Waals surface area contributed by atoms with Crippen molar-refractivity contribution in [3.63, 3.8) is 0 Å². The molecule has 0 fully saturated rings. The normalized spacial score (nSPS) is 11.5. The quantitative estimate of drug-likeness (QED) is 0.581. The Morgan fingerprint density at radius 3 is 2.68 bits per heavy atom. The number of para-hydroxylation sites is 1. The summed E-state index contributed by atoms with van der Waals surface area (Å²) >= 11 is 5.90. The van der Waals surface area contributed by atoms with Crippen LogP contribution in [0.15, 0.2) is 54.6 Å². The van der Waals surface area contributed by atoms with E-state index < -0.39 is 12.1 Å². The molecule has 144 valence electrons. The molecule has 0 aliphatic heterocycles. The van der Waals surface area contributed by atoms with Gasteiger partial charge in [-0.25, -0.2) is 4.79 Å². The van der Waals surface area contributed by atoms with Crippen molar-refractivity contribution in [1.29, 1.82) is 0 Å². The van der Waals surface area contributed by atoms with E-state index in [2.05, 4.69) is 20.3 Å². The van der Waals surface area contributed by atoms with Gasteiger partial charge in [-0.3, -0.25) is 0 Å². The molecular weight excluding hydrogens is 382 g/mol. The number of nitrogen functional groups attached to an aromatic ring is 1. The summed E-state index contributed by atoms with van der Waals surface area (Å²) in [5.41, 5.74) is 6.51. The first-order valence-electron chi connectivity index (χ1n) is 8.41. The van der Waals surface area contributed by atoms with E-state index in [0.29, 0.717) is 10.8 Å². The van der Waals surface area contributed by atoms with Crippen LogP contribution in [0, 0.1) is 0 Å². The lowest BCUT2D eigenvalue weighted by atomic mass is 10.3. The van der Waals surface area contributed by atoms with Crippen molar-refractivity contribution in [3.8, 4) is 5.75 Å². The minimum absolute atomic E-state index is 0.0164. The molecule has 1 heterocycles. The van der Waals surface area contributed by atoms with Crippen LogP contribution in [0.4, 0.5) is 17.6 Å². The topological polar surface area (TPSA) is 112 Å². The maximum Gasteiger partial charge on any atom is 0.347 e. The molecular formula is C19H18ClN5O3. The number of nitrogens with one attached hydrogen (secondary N) is 1. The van der Waals surface area contributed by atoms with Crippen LogP contribution in [-0.2, 0) is 16.1 Å². The smallest absolute Gasteiger partial charge is 0.347 e. The van der Waals surface area contributed by atoms with E-state index in [9.17, 15) is 4.79 Å². The van der Waals surface area contributed by atoms with Gasteiger partial charge < -0.3 is 20.5 Å². The van der Waals surface area contributed by atoms with Crippen LogP contribution < -0.4 is 15.8 Å². The Balaban J connectivity index is 1.59. The number of anilines is 3. The van der Waals surface area contributed by atoms with E-state index in [4.69, 9.17) is 26.8 Å². The molecule has 3 N–H and O–H groups in total. The van der Waals surface area contributed by atoms with E-state index in [1.165, 1.54) is 0 Å². The fourth-order valence-electron chi connectivity index (χ4n) is 2.25. The van der Waals surface area contributed by atoms with E-state index in [-0.39, 0.29) is 24.3 Å². The highest BCUT2D eigenvalue weighted by Crippen LogP contribution is 2.19. The van der Waals surface area contributed by atoms with Gasteiger partial charge >= 0.3 is 5.97 Å². The number of carbonyl (C=O) groups excluding carboxylic acids is 1.